The van der Waals surface area contributed by atoms with Crippen LogP contribution in [0.4, 0.5) is 0 Å². The zero-order chi connectivity index (χ0) is 22.6. The van der Waals surface area contributed by atoms with Crippen molar-refractivity contribution in [2.75, 3.05) is 32.8 Å². The number of nitrogens with zero attached hydrogens (tertiary/aromatic N) is 2. The molecular formula is C23H32N2O5S. The quantitative estimate of drug-likeness (QED) is 0.451. The normalized spacial score (nSPS) is 17.2. The Morgan fingerprint density at radius 1 is 1.19 bits per heavy atom. The molecule has 31 heavy (non-hydrogen) atoms. The van der Waals surface area contributed by atoms with Gasteiger partial charge in [0.15, 0.2) is 6.61 Å². The van der Waals surface area contributed by atoms with E-state index in [9.17, 15) is 18.0 Å². The second kappa shape index (κ2) is 9.96. The van der Waals surface area contributed by atoms with Crippen molar-refractivity contribution in [3.8, 4) is 0 Å². The first kappa shape index (κ1) is 23.5. The van der Waals surface area contributed by atoms with E-state index in [1.807, 2.05) is 19.9 Å². The van der Waals surface area contributed by atoms with E-state index >= 15 is 0 Å². The Bertz CT molecular complexity index is 949. The Labute approximate surface area is 185 Å². The molecule has 0 N–H and O–H groups in total. The number of fused-ring (bicyclic) bond motifs is 1. The summed E-state index contributed by atoms with van der Waals surface area (Å²) in [6, 6.07) is 5.41. The van der Waals surface area contributed by atoms with E-state index in [4.69, 9.17) is 4.74 Å². The molecule has 0 unspecified atom stereocenters. The molecule has 2 aliphatic rings. The monoisotopic (exact) mass is 448 g/mol. The van der Waals surface area contributed by atoms with Gasteiger partial charge in [-0.1, -0.05) is 18.2 Å². The fraction of sp³-hybridized carbons (Fsp3) is 0.565. The number of piperidine rings is 1. The van der Waals surface area contributed by atoms with E-state index in [-0.39, 0.29) is 25.6 Å². The number of benzene rings is 1. The van der Waals surface area contributed by atoms with Crippen LogP contribution in [0.2, 0.25) is 0 Å². The molecule has 0 aromatic heterocycles. The van der Waals surface area contributed by atoms with E-state index in [0.717, 1.165) is 30.4 Å². The van der Waals surface area contributed by atoms with Crippen LogP contribution in [0.1, 0.15) is 44.2 Å². The molecule has 1 saturated heterocycles. The zero-order valence-corrected chi connectivity index (χ0v) is 19.2. The van der Waals surface area contributed by atoms with Gasteiger partial charge in [-0.25, -0.2) is 8.42 Å². The number of sulfonamides is 1. The summed E-state index contributed by atoms with van der Waals surface area (Å²) in [4.78, 5) is 26.6. The van der Waals surface area contributed by atoms with Crippen molar-refractivity contribution in [2.24, 2.45) is 5.92 Å². The SMILES string of the molecule is C=C(C)CN(CC)C(=O)COC(=O)C1CCN(S(=O)(=O)c2ccc3c(c2)CCC3)CC1. The Morgan fingerprint density at radius 2 is 1.87 bits per heavy atom. The van der Waals surface area contributed by atoms with Crippen LogP contribution in [-0.2, 0) is 37.2 Å². The zero-order valence-electron chi connectivity index (χ0n) is 18.4. The molecule has 1 fully saturated rings. The number of carbonyl (C=O) groups is 2. The van der Waals surface area contributed by atoms with Crippen molar-refractivity contribution < 1.29 is 22.7 Å². The minimum Gasteiger partial charge on any atom is -0.455 e. The minimum absolute atomic E-state index is 0.254. The lowest BCUT2D eigenvalue weighted by molar-refractivity contribution is -0.156. The lowest BCUT2D eigenvalue weighted by Gasteiger charge is -2.30. The highest BCUT2D eigenvalue weighted by Gasteiger charge is 2.33. The average Bonchev–Trinajstić information content (AvgIpc) is 3.23. The number of ether oxygens (including phenoxy) is 1. The van der Waals surface area contributed by atoms with Crippen molar-refractivity contribution in [3.63, 3.8) is 0 Å². The number of aryl methyl sites for hydroxylation is 2. The van der Waals surface area contributed by atoms with Crippen molar-refractivity contribution in [2.45, 2.75) is 50.8 Å². The third-order valence-corrected chi connectivity index (χ3v) is 7.92. The van der Waals surface area contributed by atoms with Gasteiger partial charge in [0, 0.05) is 26.2 Å². The first-order valence-corrected chi connectivity index (χ1v) is 12.4. The molecule has 0 spiro atoms. The highest BCUT2D eigenvalue weighted by Crippen LogP contribution is 2.28. The molecule has 1 heterocycles. The van der Waals surface area contributed by atoms with Crippen LogP contribution in [0.15, 0.2) is 35.2 Å². The number of hydrogen-bond donors (Lipinski definition) is 0. The Balaban J connectivity index is 1.52. The Kier molecular flexibility index (Phi) is 7.54. The molecule has 1 aromatic carbocycles. The Morgan fingerprint density at radius 3 is 2.52 bits per heavy atom. The summed E-state index contributed by atoms with van der Waals surface area (Å²) in [5, 5.41) is 0. The van der Waals surface area contributed by atoms with Gasteiger partial charge in [0.2, 0.25) is 10.0 Å². The first-order chi connectivity index (χ1) is 14.7. The van der Waals surface area contributed by atoms with Crippen LogP contribution in [0.25, 0.3) is 0 Å². The van der Waals surface area contributed by atoms with E-state index in [2.05, 4.69) is 6.58 Å². The molecule has 0 atom stereocenters. The van der Waals surface area contributed by atoms with Crippen molar-refractivity contribution in [1.29, 1.82) is 0 Å². The summed E-state index contributed by atoms with van der Waals surface area (Å²) >= 11 is 0. The summed E-state index contributed by atoms with van der Waals surface area (Å²) in [6.07, 6.45) is 3.78. The molecule has 7 nitrogen and oxygen atoms in total. The third kappa shape index (κ3) is 5.54. The number of esters is 1. The predicted octanol–water partition coefficient (Wildman–Crippen LogP) is 2.54. The highest BCUT2D eigenvalue weighted by molar-refractivity contribution is 7.89. The van der Waals surface area contributed by atoms with Gasteiger partial charge in [-0.05, 0) is 69.2 Å². The van der Waals surface area contributed by atoms with Gasteiger partial charge in [0.1, 0.15) is 0 Å². The van der Waals surface area contributed by atoms with Crippen LogP contribution >= 0.6 is 0 Å². The van der Waals surface area contributed by atoms with Gasteiger partial charge in [0.05, 0.1) is 10.8 Å². The van der Waals surface area contributed by atoms with Gasteiger partial charge in [0.25, 0.3) is 5.91 Å². The molecule has 1 aliphatic carbocycles. The maximum atomic E-state index is 13.0. The van der Waals surface area contributed by atoms with E-state index in [1.165, 1.54) is 9.87 Å². The van der Waals surface area contributed by atoms with Crippen molar-refractivity contribution in [3.05, 3.63) is 41.5 Å². The number of amides is 1. The van der Waals surface area contributed by atoms with Crippen molar-refractivity contribution >= 4 is 21.9 Å². The van der Waals surface area contributed by atoms with Crippen LogP contribution in [-0.4, -0.2) is 62.3 Å². The van der Waals surface area contributed by atoms with Crippen LogP contribution in [0.5, 0.6) is 0 Å². The van der Waals surface area contributed by atoms with Gasteiger partial charge >= 0.3 is 5.97 Å². The second-order valence-electron chi connectivity index (χ2n) is 8.44. The lowest BCUT2D eigenvalue weighted by Crippen LogP contribution is -2.41. The summed E-state index contributed by atoms with van der Waals surface area (Å²) in [7, 11) is -3.57. The average molecular weight is 449 g/mol. The molecule has 8 heteroatoms. The van der Waals surface area contributed by atoms with E-state index < -0.39 is 21.9 Å². The maximum absolute atomic E-state index is 13.0. The van der Waals surface area contributed by atoms with Crippen LogP contribution < -0.4 is 0 Å². The highest BCUT2D eigenvalue weighted by atomic mass is 32.2. The standard InChI is InChI=1S/C23H32N2O5S/c1-4-24(15-17(2)3)22(26)16-30-23(27)19-10-12-25(13-11-19)31(28,29)21-9-8-18-6-5-7-20(18)14-21/h8-9,14,19H,2,4-7,10-13,15-16H2,1,3H3. The number of likely N-dealkylation sites (N-methyl/N-ethyl adjacent to an activating group) is 1. The molecule has 1 aliphatic heterocycles. The molecule has 0 saturated carbocycles. The largest absolute Gasteiger partial charge is 0.455 e. The van der Waals surface area contributed by atoms with Crippen molar-refractivity contribution in [1.82, 2.24) is 9.21 Å². The second-order valence-corrected chi connectivity index (χ2v) is 10.4. The summed E-state index contributed by atoms with van der Waals surface area (Å²) in [5.41, 5.74) is 3.22. The lowest BCUT2D eigenvalue weighted by atomic mass is 9.98. The summed E-state index contributed by atoms with van der Waals surface area (Å²) in [6.45, 7) is 8.69. The number of hydrogen-bond acceptors (Lipinski definition) is 5. The van der Waals surface area contributed by atoms with E-state index in [1.54, 1.807) is 17.0 Å². The summed E-state index contributed by atoms with van der Waals surface area (Å²) < 4.78 is 32.7. The third-order valence-electron chi connectivity index (χ3n) is 6.03. The van der Waals surface area contributed by atoms with Gasteiger partial charge in [-0.15, -0.1) is 0 Å². The van der Waals surface area contributed by atoms with Gasteiger partial charge in [-0.2, -0.15) is 4.31 Å². The molecule has 1 amide bonds. The first-order valence-electron chi connectivity index (χ1n) is 10.9. The molecule has 0 bridgehead atoms. The predicted molar refractivity (Wildman–Crippen MR) is 118 cm³/mol. The topological polar surface area (TPSA) is 84.0 Å². The number of carbonyl (C=O) groups excluding carboxylic acids is 2. The maximum Gasteiger partial charge on any atom is 0.309 e. The smallest absolute Gasteiger partial charge is 0.309 e. The molecular weight excluding hydrogens is 416 g/mol. The van der Waals surface area contributed by atoms with Crippen LogP contribution in [0, 0.1) is 5.92 Å². The fourth-order valence-corrected chi connectivity index (χ4v) is 5.75. The number of rotatable bonds is 8. The Hall–Kier alpha value is -2.19. The molecule has 170 valence electrons. The minimum atomic E-state index is -3.57. The summed E-state index contributed by atoms with van der Waals surface area (Å²) in [5.74, 6) is -1.08. The fourth-order valence-electron chi connectivity index (χ4n) is 4.23. The molecule has 3 rings (SSSR count). The molecule has 1 aromatic rings. The van der Waals surface area contributed by atoms with Crippen LogP contribution in [0.3, 0.4) is 0 Å². The van der Waals surface area contributed by atoms with Gasteiger partial charge < -0.3 is 9.64 Å². The van der Waals surface area contributed by atoms with E-state index in [0.29, 0.717) is 30.8 Å². The van der Waals surface area contributed by atoms with Gasteiger partial charge in [-0.3, -0.25) is 9.59 Å². The molecule has 0 radical (unpaired) electrons.